The van der Waals surface area contributed by atoms with Crippen LogP contribution in [-0.4, -0.2) is 34.9 Å². The minimum atomic E-state index is -0.987. The lowest BCUT2D eigenvalue weighted by Gasteiger charge is -2.26. The van der Waals surface area contributed by atoms with E-state index in [2.05, 4.69) is 5.32 Å². The highest BCUT2D eigenvalue weighted by Gasteiger charge is 2.25. The number of aliphatic hydroxyl groups excluding tert-OH is 2. The molecule has 0 saturated heterocycles. The fourth-order valence-corrected chi connectivity index (χ4v) is 1.30. The molecule has 1 aromatic carbocycles. The third-order valence-electron chi connectivity index (χ3n) is 2.50. The fourth-order valence-electron chi connectivity index (χ4n) is 1.30. The maximum Gasteiger partial charge on any atom is 0.252 e. The number of amides is 1. The van der Waals surface area contributed by atoms with Crippen LogP contribution in [0.25, 0.3) is 0 Å². The van der Waals surface area contributed by atoms with Gasteiger partial charge in [0.2, 0.25) is 0 Å². The minimum Gasteiger partial charge on any atom is -0.394 e. The average Bonchev–Trinajstić information content (AvgIpc) is 2.29. The Balaban J connectivity index is 2.84. The monoisotopic (exact) mass is 223 g/mol. The summed E-state index contributed by atoms with van der Waals surface area (Å²) < 4.78 is 0. The van der Waals surface area contributed by atoms with Gasteiger partial charge in [0.05, 0.1) is 18.8 Å². The maximum absolute atomic E-state index is 11.9. The highest BCUT2D eigenvalue weighted by Crippen LogP contribution is 2.09. The van der Waals surface area contributed by atoms with E-state index in [1.807, 2.05) is 19.1 Å². The van der Waals surface area contributed by atoms with Crippen molar-refractivity contribution in [2.75, 3.05) is 13.2 Å². The summed E-state index contributed by atoms with van der Waals surface area (Å²) in [6, 6.07) is 7.17. The molecule has 0 heterocycles. The Morgan fingerprint density at radius 1 is 1.31 bits per heavy atom. The van der Waals surface area contributed by atoms with E-state index in [-0.39, 0.29) is 19.1 Å². The molecule has 0 saturated carbocycles. The number of carbonyl (C=O) groups excluding carboxylic acids is 1. The van der Waals surface area contributed by atoms with E-state index in [0.29, 0.717) is 5.56 Å². The first-order chi connectivity index (χ1) is 7.52. The Hall–Kier alpha value is -1.39. The van der Waals surface area contributed by atoms with Crippen molar-refractivity contribution < 1.29 is 15.0 Å². The van der Waals surface area contributed by atoms with Gasteiger partial charge in [-0.05, 0) is 25.5 Å². The minimum absolute atomic E-state index is 0.288. The number of rotatable bonds is 4. The Morgan fingerprint density at radius 3 is 2.38 bits per heavy atom. The molecule has 0 bridgehead atoms. The summed E-state index contributed by atoms with van der Waals surface area (Å²) >= 11 is 0. The van der Waals surface area contributed by atoms with Gasteiger partial charge in [0.1, 0.15) is 0 Å². The van der Waals surface area contributed by atoms with Crippen LogP contribution in [0.1, 0.15) is 22.8 Å². The first-order valence-corrected chi connectivity index (χ1v) is 5.12. The van der Waals surface area contributed by atoms with Gasteiger partial charge in [-0.25, -0.2) is 0 Å². The number of aryl methyl sites for hydroxylation is 1. The zero-order valence-corrected chi connectivity index (χ0v) is 9.53. The molecular weight excluding hydrogens is 206 g/mol. The van der Waals surface area contributed by atoms with Gasteiger partial charge in [0.15, 0.2) is 0 Å². The van der Waals surface area contributed by atoms with E-state index in [0.717, 1.165) is 5.56 Å². The van der Waals surface area contributed by atoms with E-state index >= 15 is 0 Å². The fraction of sp³-hybridized carbons (Fsp3) is 0.417. The Bertz CT molecular complexity index is 372. The summed E-state index contributed by atoms with van der Waals surface area (Å²) in [6.45, 7) is 2.82. The third-order valence-corrected chi connectivity index (χ3v) is 2.50. The average molecular weight is 223 g/mol. The van der Waals surface area contributed by atoms with Crippen LogP contribution < -0.4 is 5.32 Å². The molecule has 1 amide bonds. The molecule has 16 heavy (non-hydrogen) atoms. The number of nitrogens with one attached hydrogen (secondary N) is 1. The molecule has 3 N–H and O–H groups in total. The SMILES string of the molecule is Cc1ccccc1C(=O)NC(C)(CO)CO. The van der Waals surface area contributed by atoms with Crippen LogP contribution in [0.4, 0.5) is 0 Å². The second kappa shape index (κ2) is 5.09. The molecule has 0 aromatic heterocycles. The quantitative estimate of drug-likeness (QED) is 0.695. The van der Waals surface area contributed by atoms with Gasteiger partial charge in [-0.1, -0.05) is 18.2 Å². The van der Waals surface area contributed by atoms with Gasteiger partial charge in [0, 0.05) is 5.56 Å². The first kappa shape index (κ1) is 12.7. The van der Waals surface area contributed by atoms with Crippen molar-refractivity contribution >= 4 is 5.91 Å². The van der Waals surface area contributed by atoms with Gasteiger partial charge in [-0.3, -0.25) is 4.79 Å². The van der Waals surface area contributed by atoms with E-state index < -0.39 is 5.54 Å². The lowest BCUT2D eigenvalue weighted by atomic mass is 10.0. The van der Waals surface area contributed by atoms with Crippen molar-refractivity contribution in [2.45, 2.75) is 19.4 Å². The Labute approximate surface area is 94.9 Å². The predicted molar refractivity (Wildman–Crippen MR) is 61.2 cm³/mol. The largest absolute Gasteiger partial charge is 0.394 e. The van der Waals surface area contributed by atoms with E-state index in [4.69, 9.17) is 10.2 Å². The number of hydrogen-bond donors (Lipinski definition) is 3. The molecule has 88 valence electrons. The van der Waals surface area contributed by atoms with Crippen molar-refractivity contribution in [1.82, 2.24) is 5.32 Å². The second-order valence-corrected chi connectivity index (χ2v) is 4.15. The molecule has 0 fully saturated rings. The number of hydrogen-bond acceptors (Lipinski definition) is 3. The normalized spacial score (nSPS) is 11.2. The summed E-state index contributed by atoms with van der Waals surface area (Å²) in [6.07, 6.45) is 0. The van der Waals surface area contributed by atoms with Crippen LogP contribution >= 0.6 is 0 Å². The van der Waals surface area contributed by atoms with Crippen LogP contribution in [0.2, 0.25) is 0 Å². The van der Waals surface area contributed by atoms with Crippen molar-refractivity contribution in [3.05, 3.63) is 35.4 Å². The molecular formula is C12H17NO3. The number of aliphatic hydroxyl groups is 2. The molecule has 0 aliphatic carbocycles. The molecule has 1 aromatic rings. The van der Waals surface area contributed by atoms with Crippen LogP contribution in [0, 0.1) is 6.92 Å². The van der Waals surface area contributed by atoms with Crippen molar-refractivity contribution in [3.63, 3.8) is 0 Å². The lowest BCUT2D eigenvalue weighted by Crippen LogP contribution is -2.51. The highest BCUT2D eigenvalue weighted by molar-refractivity contribution is 5.96. The van der Waals surface area contributed by atoms with E-state index in [1.165, 1.54) is 0 Å². The van der Waals surface area contributed by atoms with Gasteiger partial charge < -0.3 is 15.5 Å². The van der Waals surface area contributed by atoms with Crippen LogP contribution in [0.3, 0.4) is 0 Å². The maximum atomic E-state index is 11.9. The molecule has 0 aliphatic rings. The molecule has 1 rings (SSSR count). The zero-order valence-electron chi connectivity index (χ0n) is 9.53. The topological polar surface area (TPSA) is 69.6 Å². The molecule has 0 unspecified atom stereocenters. The van der Waals surface area contributed by atoms with E-state index in [1.54, 1.807) is 19.1 Å². The van der Waals surface area contributed by atoms with Gasteiger partial charge in [-0.2, -0.15) is 0 Å². The number of carbonyl (C=O) groups is 1. The van der Waals surface area contributed by atoms with E-state index in [9.17, 15) is 4.79 Å². The van der Waals surface area contributed by atoms with Crippen molar-refractivity contribution in [2.24, 2.45) is 0 Å². The summed E-state index contributed by atoms with van der Waals surface area (Å²) in [5, 5.41) is 20.8. The van der Waals surface area contributed by atoms with Crippen molar-refractivity contribution in [3.8, 4) is 0 Å². The summed E-state index contributed by atoms with van der Waals surface area (Å²) in [5.41, 5.74) is 0.424. The van der Waals surface area contributed by atoms with Crippen LogP contribution in [0.5, 0.6) is 0 Å². The Morgan fingerprint density at radius 2 is 1.88 bits per heavy atom. The smallest absolute Gasteiger partial charge is 0.252 e. The molecule has 4 nitrogen and oxygen atoms in total. The van der Waals surface area contributed by atoms with Crippen molar-refractivity contribution in [1.29, 1.82) is 0 Å². The summed E-state index contributed by atoms with van der Waals surface area (Å²) in [4.78, 5) is 11.9. The van der Waals surface area contributed by atoms with Gasteiger partial charge >= 0.3 is 0 Å². The summed E-state index contributed by atoms with van der Waals surface area (Å²) in [7, 11) is 0. The Kier molecular flexibility index (Phi) is 4.04. The molecule has 0 atom stereocenters. The standard InChI is InChI=1S/C12H17NO3/c1-9-5-3-4-6-10(9)11(16)13-12(2,7-14)8-15/h3-6,14-15H,7-8H2,1-2H3,(H,13,16). The predicted octanol–water partition coefficient (Wildman–Crippen LogP) is 0.468. The first-order valence-electron chi connectivity index (χ1n) is 5.12. The second-order valence-electron chi connectivity index (χ2n) is 4.15. The molecule has 0 radical (unpaired) electrons. The van der Waals surface area contributed by atoms with Gasteiger partial charge in [-0.15, -0.1) is 0 Å². The molecule has 0 spiro atoms. The third kappa shape index (κ3) is 2.81. The lowest BCUT2D eigenvalue weighted by molar-refractivity contribution is 0.0723. The molecule has 0 aliphatic heterocycles. The van der Waals surface area contributed by atoms with Crippen LogP contribution in [0.15, 0.2) is 24.3 Å². The highest BCUT2D eigenvalue weighted by atomic mass is 16.3. The van der Waals surface area contributed by atoms with Gasteiger partial charge in [0.25, 0.3) is 5.91 Å². The molecule has 4 heteroatoms. The zero-order chi connectivity index (χ0) is 12.2. The summed E-state index contributed by atoms with van der Waals surface area (Å²) in [5.74, 6) is -0.288. The van der Waals surface area contributed by atoms with Crippen LogP contribution in [-0.2, 0) is 0 Å². The number of benzene rings is 1.